The van der Waals surface area contributed by atoms with Crippen LogP contribution in [0.3, 0.4) is 0 Å². The molecule has 0 amide bonds. The van der Waals surface area contributed by atoms with E-state index in [1.807, 2.05) is 0 Å². The normalized spacial score (nSPS) is 14.9. The number of aliphatic hydroxyl groups is 1. The summed E-state index contributed by atoms with van der Waals surface area (Å²) in [7, 11) is 0. The van der Waals surface area contributed by atoms with Gasteiger partial charge in [0.2, 0.25) is 0 Å². The van der Waals surface area contributed by atoms with Crippen LogP contribution in [0.25, 0.3) is 0 Å². The van der Waals surface area contributed by atoms with E-state index in [0.29, 0.717) is 12.5 Å². The molecule has 2 N–H and O–H groups in total. The van der Waals surface area contributed by atoms with Crippen molar-refractivity contribution in [2.24, 2.45) is 5.92 Å². The monoisotopic (exact) mass is 347 g/mol. The second kappa shape index (κ2) is 7.34. The summed E-state index contributed by atoms with van der Waals surface area (Å²) in [4.78, 5) is 0. The maximum absolute atomic E-state index is 9.80. The summed E-state index contributed by atoms with van der Waals surface area (Å²) < 4.78 is 1.25. The summed E-state index contributed by atoms with van der Waals surface area (Å²) in [6.07, 6.45) is 0.605. The van der Waals surface area contributed by atoms with Gasteiger partial charge in [-0.15, -0.1) is 0 Å². The molecule has 0 aliphatic heterocycles. The average molecular weight is 347 g/mol. The Kier molecular flexibility index (Phi) is 6.44. The first-order valence-corrected chi connectivity index (χ1v) is 7.23. The van der Waals surface area contributed by atoms with Gasteiger partial charge in [-0.3, -0.25) is 0 Å². The van der Waals surface area contributed by atoms with Gasteiger partial charge >= 0.3 is 0 Å². The molecule has 3 heteroatoms. The molecule has 1 rings (SSSR count). The highest BCUT2D eigenvalue weighted by atomic mass is 127. The Morgan fingerprint density at radius 3 is 2.29 bits per heavy atom. The molecule has 0 heterocycles. The van der Waals surface area contributed by atoms with Crippen molar-refractivity contribution < 1.29 is 5.11 Å². The molecule has 0 aromatic heterocycles. The number of benzene rings is 1. The van der Waals surface area contributed by atoms with Crippen molar-refractivity contribution >= 4 is 22.6 Å². The Morgan fingerprint density at radius 2 is 1.76 bits per heavy atom. The van der Waals surface area contributed by atoms with Crippen LogP contribution in [0.15, 0.2) is 24.3 Å². The molecule has 1 aromatic rings. The predicted molar refractivity (Wildman–Crippen MR) is 81.0 cm³/mol. The molecule has 1 aromatic carbocycles. The van der Waals surface area contributed by atoms with E-state index in [0.717, 1.165) is 6.42 Å². The summed E-state index contributed by atoms with van der Waals surface area (Å²) in [5.41, 5.74) is 1.27. The molecule has 0 spiro atoms. The lowest BCUT2D eigenvalue weighted by atomic mass is 10.0. The van der Waals surface area contributed by atoms with Crippen molar-refractivity contribution in [2.45, 2.75) is 39.3 Å². The summed E-state index contributed by atoms with van der Waals surface area (Å²) in [6, 6.07) is 8.77. The van der Waals surface area contributed by atoms with Gasteiger partial charge < -0.3 is 10.4 Å². The lowest BCUT2D eigenvalue weighted by Gasteiger charge is -2.18. The van der Waals surface area contributed by atoms with Gasteiger partial charge in [0.25, 0.3) is 0 Å². The van der Waals surface area contributed by atoms with Crippen molar-refractivity contribution in [1.82, 2.24) is 5.32 Å². The fourth-order valence-electron chi connectivity index (χ4n) is 1.81. The summed E-state index contributed by atoms with van der Waals surface area (Å²) in [5.74, 6) is 0.542. The molecule has 2 unspecified atom stereocenters. The summed E-state index contributed by atoms with van der Waals surface area (Å²) >= 11 is 2.30. The maximum Gasteiger partial charge on any atom is 0.0667 e. The van der Waals surface area contributed by atoms with Crippen molar-refractivity contribution in [2.75, 3.05) is 6.54 Å². The van der Waals surface area contributed by atoms with Gasteiger partial charge in [0.05, 0.1) is 6.10 Å². The number of aliphatic hydroxyl groups excluding tert-OH is 1. The number of hydrogen-bond acceptors (Lipinski definition) is 2. The topological polar surface area (TPSA) is 32.3 Å². The highest BCUT2D eigenvalue weighted by Gasteiger charge is 2.09. The molecule has 0 saturated carbocycles. The molecule has 17 heavy (non-hydrogen) atoms. The van der Waals surface area contributed by atoms with E-state index in [4.69, 9.17) is 0 Å². The highest BCUT2D eigenvalue weighted by Crippen LogP contribution is 2.14. The molecule has 0 aliphatic carbocycles. The van der Waals surface area contributed by atoms with Crippen LogP contribution < -0.4 is 5.32 Å². The largest absolute Gasteiger partial charge is 0.392 e. The Labute approximate surface area is 118 Å². The minimum absolute atomic E-state index is 0.249. The molecule has 0 radical (unpaired) electrons. The third-order valence-electron chi connectivity index (χ3n) is 2.77. The van der Waals surface area contributed by atoms with Gasteiger partial charge in [-0.2, -0.15) is 0 Å². The highest BCUT2D eigenvalue weighted by molar-refractivity contribution is 14.1. The SMILES string of the molecule is CC(C)CC(O)CNC(C)c1ccc(I)cc1. The summed E-state index contributed by atoms with van der Waals surface area (Å²) in [5, 5.41) is 13.2. The van der Waals surface area contributed by atoms with E-state index in [-0.39, 0.29) is 12.1 Å². The second-order valence-corrected chi connectivity index (χ2v) is 6.21. The van der Waals surface area contributed by atoms with E-state index < -0.39 is 0 Å². The maximum atomic E-state index is 9.80. The predicted octanol–water partition coefficient (Wildman–Crippen LogP) is 3.35. The molecular weight excluding hydrogens is 325 g/mol. The summed E-state index contributed by atoms with van der Waals surface area (Å²) in [6.45, 7) is 7.05. The zero-order valence-electron chi connectivity index (χ0n) is 10.8. The first-order chi connectivity index (χ1) is 7.99. The van der Waals surface area contributed by atoms with Gasteiger partial charge in [0.1, 0.15) is 0 Å². The van der Waals surface area contributed by atoms with E-state index in [9.17, 15) is 5.11 Å². The van der Waals surface area contributed by atoms with E-state index >= 15 is 0 Å². The molecule has 2 nitrogen and oxygen atoms in total. The Balaban J connectivity index is 2.39. The van der Waals surface area contributed by atoms with E-state index in [2.05, 4.69) is 72.9 Å². The number of halogens is 1. The molecule has 0 aliphatic rings. The van der Waals surface area contributed by atoms with Gasteiger partial charge in [-0.05, 0) is 59.5 Å². The van der Waals surface area contributed by atoms with Gasteiger partial charge in [-0.25, -0.2) is 0 Å². The molecule has 0 bridgehead atoms. The van der Waals surface area contributed by atoms with Crippen LogP contribution in [-0.2, 0) is 0 Å². The Hall–Kier alpha value is -0.130. The van der Waals surface area contributed by atoms with Crippen LogP contribution >= 0.6 is 22.6 Å². The molecule has 96 valence electrons. The second-order valence-electron chi connectivity index (χ2n) is 4.96. The smallest absolute Gasteiger partial charge is 0.0667 e. The first-order valence-electron chi connectivity index (χ1n) is 6.16. The fraction of sp³-hybridized carbons (Fsp3) is 0.571. The Morgan fingerprint density at radius 1 is 1.18 bits per heavy atom. The standard InChI is InChI=1S/C14H22INO/c1-10(2)8-14(17)9-16-11(3)12-4-6-13(15)7-5-12/h4-7,10-11,14,16-17H,8-9H2,1-3H3. The zero-order valence-corrected chi connectivity index (χ0v) is 12.9. The number of hydrogen-bond donors (Lipinski definition) is 2. The van der Waals surface area contributed by atoms with Crippen LogP contribution in [0.2, 0.25) is 0 Å². The van der Waals surface area contributed by atoms with Crippen LogP contribution in [0.5, 0.6) is 0 Å². The van der Waals surface area contributed by atoms with Crippen molar-refractivity contribution in [3.63, 3.8) is 0 Å². The van der Waals surface area contributed by atoms with Gasteiger partial charge in [0.15, 0.2) is 0 Å². The van der Waals surface area contributed by atoms with Crippen molar-refractivity contribution in [3.8, 4) is 0 Å². The Bertz CT molecular complexity index is 323. The fourth-order valence-corrected chi connectivity index (χ4v) is 2.17. The lowest BCUT2D eigenvalue weighted by molar-refractivity contribution is 0.143. The van der Waals surface area contributed by atoms with Crippen LogP contribution in [0, 0.1) is 9.49 Å². The average Bonchev–Trinajstić information content (AvgIpc) is 2.26. The zero-order chi connectivity index (χ0) is 12.8. The number of rotatable bonds is 6. The van der Waals surface area contributed by atoms with E-state index in [1.54, 1.807) is 0 Å². The third-order valence-corrected chi connectivity index (χ3v) is 3.49. The molecule has 0 saturated heterocycles. The lowest BCUT2D eigenvalue weighted by Crippen LogP contribution is -2.29. The first kappa shape index (κ1) is 14.9. The number of nitrogens with one attached hydrogen (secondary N) is 1. The van der Waals surface area contributed by atoms with Gasteiger partial charge in [0, 0.05) is 16.2 Å². The minimum atomic E-state index is -0.249. The van der Waals surface area contributed by atoms with Crippen molar-refractivity contribution in [3.05, 3.63) is 33.4 Å². The van der Waals surface area contributed by atoms with Crippen LogP contribution in [-0.4, -0.2) is 17.8 Å². The third kappa shape index (κ3) is 5.84. The van der Waals surface area contributed by atoms with Gasteiger partial charge in [-0.1, -0.05) is 26.0 Å². The van der Waals surface area contributed by atoms with Crippen LogP contribution in [0.1, 0.15) is 38.8 Å². The molecular formula is C14H22INO. The minimum Gasteiger partial charge on any atom is -0.392 e. The van der Waals surface area contributed by atoms with Crippen molar-refractivity contribution in [1.29, 1.82) is 0 Å². The quantitative estimate of drug-likeness (QED) is 0.774. The van der Waals surface area contributed by atoms with E-state index in [1.165, 1.54) is 9.13 Å². The van der Waals surface area contributed by atoms with Crippen LogP contribution in [0.4, 0.5) is 0 Å². The molecule has 0 fully saturated rings. The molecule has 2 atom stereocenters.